The number of carbonyl (C=O) groups is 4. The summed E-state index contributed by atoms with van der Waals surface area (Å²) in [6.45, 7) is 11.6. The molecule has 0 bridgehead atoms. The number of aliphatic hydroxyl groups excluding tert-OH is 1. The number of aliphatic hydroxyl groups is 1. The molecule has 17 nitrogen and oxygen atoms in total. The maximum absolute atomic E-state index is 13.0. The summed E-state index contributed by atoms with van der Waals surface area (Å²) in [6.07, 6.45) is 38.1. The van der Waals surface area contributed by atoms with Crippen molar-refractivity contribution in [2.45, 2.75) is 336 Å². The van der Waals surface area contributed by atoms with E-state index in [-0.39, 0.29) is 25.7 Å². The Labute approximate surface area is 511 Å². The van der Waals surface area contributed by atoms with Crippen LogP contribution in [-0.2, 0) is 65.4 Å². The van der Waals surface area contributed by atoms with E-state index in [1.807, 2.05) is 0 Å². The second-order valence-electron chi connectivity index (χ2n) is 24.9. The molecule has 0 aromatic carbocycles. The second kappa shape index (κ2) is 56.3. The van der Waals surface area contributed by atoms with Crippen molar-refractivity contribution in [2.24, 2.45) is 17.8 Å². The molecule has 0 aromatic rings. The maximum Gasteiger partial charge on any atom is 0.472 e. The lowest BCUT2D eigenvalue weighted by molar-refractivity contribution is -0.161. The molecule has 0 radical (unpaired) electrons. The minimum Gasteiger partial charge on any atom is -0.462 e. The number of phosphoric acid groups is 2. The van der Waals surface area contributed by atoms with Crippen LogP contribution >= 0.6 is 15.6 Å². The highest BCUT2D eigenvalue weighted by Crippen LogP contribution is 2.45. The number of rotatable bonds is 63. The number of carbonyl (C=O) groups excluding carboxylic acids is 4. The number of esters is 4. The van der Waals surface area contributed by atoms with E-state index in [4.69, 9.17) is 37.0 Å². The van der Waals surface area contributed by atoms with Gasteiger partial charge in [0.1, 0.15) is 19.3 Å². The van der Waals surface area contributed by atoms with Crippen LogP contribution in [0.25, 0.3) is 0 Å². The number of phosphoric ester groups is 2. The second-order valence-corrected chi connectivity index (χ2v) is 27.8. The molecule has 19 heteroatoms. The lowest BCUT2D eigenvalue weighted by Gasteiger charge is -2.21. The molecular weight excluding hydrogens is 1110 g/mol. The Bertz CT molecular complexity index is 1660. The molecule has 0 amide bonds. The van der Waals surface area contributed by atoms with Gasteiger partial charge in [0.05, 0.1) is 26.4 Å². The summed E-state index contributed by atoms with van der Waals surface area (Å²) >= 11 is 0. The van der Waals surface area contributed by atoms with Crippen LogP contribution in [-0.4, -0.2) is 96.7 Å². The van der Waals surface area contributed by atoms with E-state index in [2.05, 4.69) is 48.5 Å². The van der Waals surface area contributed by atoms with E-state index in [9.17, 15) is 43.2 Å². The van der Waals surface area contributed by atoms with Gasteiger partial charge in [0.15, 0.2) is 12.2 Å². The lowest BCUT2D eigenvalue weighted by atomic mass is 10.0. The van der Waals surface area contributed by atoms with Crippen molar-refractivity contribution < 1.29 is 80.2 Å². The fraction of sp³-hybridized carbons (Fsp3) is 0.938. The first-order valence-electron chi connectivity index (χ1n) is 33.8. The Morgan fingerprint density at radius 2 is 0.548 bits per heavy atom. The summed E-state index contributed by atoms with van der Waals surface area (Å²) in [6, 6.07) is 0. The minimum absolute atomic E-state index is 0.101. The fourth-order valence-electron chi connectivity index (χ4n) is 9.66. The van der Waals surface area contributed by atoms with Crippen molar-refractivity contribution in [3.63, 3.8) is 0 Å². The zero-order chi connectivity index (χ0) is 62.4. The van der Waals surface area contributed by atoms with E-state index >= 15 is 0 Å². The molecule has 0 aliphatic carbocycles. The topological polar surface area (TPSA) is 237 Å². The smallest absolute Gasteiger partial charge is 0.462 e. The van der Waals surface area contributed by atoms with Gasteiger partial charge in [0, 0.05) is 25.7 Å². The molecule has 0 fully saturated rings. The molecule has 2 unspecified atom stereocenters. The van der Waals surface area contributed by atoms with Gasteiger partial charge in [-0.3, -0.25) is 37.3 Å². The molecule has 0 saturated heterocycles. The highest BCUT2D eigenvalue weighted by Gasteiger charge is 2.30. The van der Waals surface area contributed by atoms with Crippen molar-refractivity contribution in [1.29, 1.82) is 0 Å². The van der Waals surface area contributed by atoms with Crippen molar-refractivity contribution in [3.05, 3.63) is 0 Å². The molecule has 0 aliphatic heterocycles. The Morgan fingerprint density at radius 3 is 0.810 bits per heavy atom. The van der Waals surface area contributed by atoms with Gasteiger partial charge < -0.3 is 33.8 Å². The largest absolute Gasteiger partial charge is 0.472 e. The number of ether oxygens (including phenoxy) is 4. The molecular formula is C65H126O17P2. The van der Waals surface area contributed by atoms with Crippen LogP contribution in [0.3, 0.4) is 0 Å². The van der Waals surface area contributed by atoms with Gasteiger partial charge >= 0.3 is 39.5 Å². The molecule has 0 rings (SSSR count). The zero-order valence-electron chi connectivity index (χ0n) is 54.4. The van der Waals surface area contributed by atoms with Gasteiger partial charge in [-0.2, -0.15) is 0 Å². The SMILES string of the molecule is CCCCCCCC(=O)OC[C@H](COP(=O)(O)OC[C@H](O)COP(=O)(O)OC[C@@H](COC(=O)CCCCCCCCCCCCCCC(C)C)OC(=O)CCCCCCCCCCCCCCC(C)C)OC(=O)CCCCCCCCC(C)C. The fourth-order valence-corrected chi connectivity index (χ4v) is 11.2. The van der Waals surface area contributed by atoms with Crippen LogP contribution in [0.4, 0.5) is 0 Å². The van der Waals surface area contributed by atoms with Crippen LogP contribution < -0.4 is 0 Å². The van der Waals surface area contributed by atoms with E-state index in [0.29, 0.717) is 31.6 Å². The van der Waals surface area contributed by atoms with Crippen molar-refractivity contribution in [3.8, 4) is 0 Å². The number of hydrogen-bond donors (Lipinski definition) is 3. The molecule has 0 heterocycles. The first-order chi connectivity index (χ1) is 40.2. The van der Waals surface area contributed by atoms with Crippen LogP contribution in [0.1, 0.15) is 318 Å². The molecule has 5 atom stereocenters. The predicted octanol–water partition coefficient (Wildman–Crippen LogP) is 17.9. The third-order valence-electron chi connectivity index (χ3n) is 14.9. The average molecular weight is 1240 g/mol. The van der Waals surface area contributed by atoms with Gasteiger partial charge in [-0.25, -0.2) is 9.13 Å². The van der Waals surface area contributed by atoms with E-state index in [0.717, 1.165) is 108 Å². The maximum atomic E-state index is 13.0. The minimum atomic E-state index is -4.95. The third kappa shape index (κ3) is 59.0. The predicted molar refractivity (Wildman–Crippen MR) is 335 cm³/mol. The molecule has 0 aliphatic rings. The highest BCUT2D eigenvalue weighted by atomic mass is 31.2. The first kappa shape index (κ1) is 82.1. The van der Waals surface area contributed by atoms with Crippen molar-refractivity contribution in [1.82, 2.24) is 0 Å². The van der Waals surface area contributed by atoms with Crippen LogP contribution in [0, 0.1) is 17.8 Å². The third-order valence-corrected chi connectivity index (χ3v) is 16.8. The summed E-state index contributed by atoms with van der Waals surface area (Å²) in [4.78, 5) is 72.0. The van der Waals surface area contributed by atoms with E-state index in [1.54, 1.807) is 0 Å². The Balaban J connectivity index is 5.17. The van der Waals surface area contributed by atoms with Crippen LogP contribution in [0.5, 0.6) is 0 Å². The quantitative estimate of drug-likeness (QED) is 0.0222. The number of unbranched alkanes of at least 4 members (excludes halogenated alkanes) is 31. The molecule has 0 spiro atoms. The molecule has 0 saturated carbocycles. The van der Waals surface area contributed by atoms with E-state index in [1.165, 1.54) is 122 Å². The van der Waals surface area contributed by atoms with Crippen LogP contribution in [0.2, 0.25) is 0 Å². The summed E-state index contributed by atoms with van der Waals surface area (Å²) in [7, 11) is -9.88. The zero-order valence-corrected chi connectivity index (χ0v) is 56.1. The molecule has 84 heavy (non-hydrogen) atoms. The molecule has 498 valence electrons. The highest BCUT2D eigenvalue weighted by molar-refractivity contribution is 7.47. The van der Waals surface area contributed by atoms with Gasteiger partial charge in [-0.1, -0.05) is 267 Å². The summed E-state index contributed by atoms with van der Waals surface area (Å²) in [5.74, 6) is 0.0803. The normalized spacial score (nSPS) is 14.3. The Morgan fingerprint density at radius 1 is 0.321 bits per heavy atom. The Kier molecular flexibility index (Phi) is 55.0. The monoisotopic (exact) mass is 1240 g/mol. The average Bonchev–Trinajstić information content (AvgIpc) is 3.48. The lowest BCUT2D eigenvalue weighted by Crippen LogP contribution is -2.30. The number of hydrogen-bond acceptors (Lipinski definition) is 15. The van der Waals surface area contributed by atoms with E-state index < -0.39 is 97.5 Å². The summed E-state index contributed by atoms with van der Waals surface area (Å²) < 4.78 is 67.8. The standard InChI is InChI=1S/C65H126O17P2/c1-8-9-10-29-39-46-62(67)75-52-60(82-65(70)49-42-35-28-27-32-38-45-58(6)7)54-79-83(71,72)77-50-59(66)51-78-84(73,74)80-55-61(81-64(69)48-41-34-26-22-18-14-12-16-20-24-31-37-44-57(4)5)53-76-63(68)47-40-33-25-21-17-13-11-15-19-23-30-36-43-56(2)3/h56-61,66H,8-55H2,1-7H3,(H,71,72)(H,73,74)/t59-,60+,61+/m0/s1. The van der Waals surface area contributed by atoms with Crippen molar-refractivity contribution in [2.75, 3.05) is 39.6 Å². The van der Waals surface area contributed by atoms with Gasteiger partial charge in [0.2, 0.25) is 0 Å². The van der Waals surface area contributed by atoms with Gasteiger partial charge in [-0.05, 0) is 43.4 Å². The van der Waals surface area contributed by atoms with Gasteiger partial charge in [0.25, 0.3) is 0 Å². The first-order valence-corrected chi connectivity index (χ1v) is 36.8. The van der Waals surface area contributed by atoms with Crippen molar-refractivity contribution >= 4 is 39.5 Å². The summed E-state index contributed by atoms with van der Waals surface area (Å²) in [5.41, 5.74) is 0. The molecule has 0 aromatic heterocycles. The van der Waals surface area contributed by atoms with Crippen LogP contribution in [0.15, 0.2) is 0 Å². The van der Waals surface area contributed by atoms with Gasteiger partial charge in [-0.15, -0.1) is 0 Å². The summed E-state index contributed by atoms with van der Waals surface area (Å²) in [5, 5.41) is 10.5. The Hall–Kier alpha value is -1.94. The molecule has 3 N–H and O–H groups in total.